The number of aromatic hydroxyl groups is 1. The SMILES string of the molecule is CC(C)(C)c1cc(O)ccc1OC(=O)c1ccccc1OS(=O)(=O)O. The maximum absolute atomic E-state index is 12.4. The maximum atomic E-state index is 12.4. The van der Waals surface area contributed by atoms with Crippen molar-refractivity contribution in [2.24, 2.45) is 0 Å². The molecule has 134 valence electrons. The number of benzene rings is 2. The highest BCUT2D eigenvalue weighted by atomic mass is 32.3. The molecule has 0 spiro atoms. The maximum Gasteiger partial charge on any atom is 0.446 e. The van der Waals surface area contributed by atoms with Crippen LogP contribution in [0.5, 0.6) is 17.2 Å². The predicted molar refractivity (Wildman–Crippen MR) is 90.4 cm³/mol. The summed E-state index contributed by atoms with van der Waals surface area (Å²) in [4.78, 5) is 12.4. The lowest BCUT2D eigenvalue weighted by Gasteiger charge is -2.22. The highest BCUT2D eigenvalue weighted by molar-refractivity contribution is 7.81. The summed E-state index contributed by atoms with van der Waals surface area (Å²) in [7, 11) is -4.78. The van der Waals surface area contributed by atoms with Gasteiger partial charge < -0.3 is 14.0 Å². The Morgan fingerprint density at radius 3 is 2.28 bits per heavy atom. The van der Waals surface area contributed by atoms with Crippen molar-refractivity contribution in [2.75, 3.05) is 0 Å². The highest BCUT2D eigenvalue weighted by Crippen LogP contribution is 2.35. The van der Waals surface area contributed by atoms with Crippen molar-refractivity contribution in [1.82, 2.24) is 0 Å². The van der Waals surface area contributed by atoms with Crippen LogP contribution in [-0.2, 0) is 15.8 Å². The van der Waals surface area contributed by atoms with Gasteiger partial charge in [-0.1, -0.05) is 32.9 Å². The fourth-order valence-corrected chi connectivity index (χ4v) is 2.54. The Labute approximate surface area is 145 Å². The Kier molecular flexibility index (Phi) is 5.05. The second-order valence-corrected chi connectivity index (χ2v) is 7.35. The third kappa shape index (κ3) is 4.94. The molecule has 0 saturated carbocycles. The lowest BCUT2D eigenvalue weighted by atomic mass is 9.86. The largest absolute Gasteiger partial charge is 0.508 e. The normalized spacial score (nSPS) is 11.8. The van der Waals surface area contributed by atoms with Crippen LogP contribution in [0.3, 0.4) is 0 Å². The Morgan fingerprint density at radius 1 is 1.04 bits per heavy atom. The third-order valence-corrected chi connectivity index (χ3v) is 3.67. The number of phenols is 1. The molecule has 0 aliphatic heterocycles. The van der Waals surface area contributed by atoms with Crippen molar-refractivity contribution < 1.29 is 31.8 Å². The highest BCUT2D eigenvalue weighted by Gasteiger charge is 2.24. The summed E-state index contributed by atoms with van der Waals surface area (Å²) < 4.78 is 40.4. The van der Waals surface area contributed by atoms with Crippen LogP contribution in [0.25, 0.3) is 0 Å². The first-order valence-corrected chi connectivity index (χ1v) is 8.65. The van der Waals surface area contributed by atoms with Crippen LogP contribution in [0.4, 0.5) is 0 Å². The molecule has 0 aliphatic rings. The molecule has 0 saturated heterocycles. The van der Waals surface area contributed by atoms with Crippen LogP contribution in [0.15, 0.2) is 42.5 Å². The third-order valence-electron chi connectivity index (χ3n) is 3.28. The van der Waals surface area contributed by atoms with E-state index in [0.29, 0.717) is 5.56 Å². The average molecular weight is 366 g/mol. The van der Waals surface area contributed by atoms with Crippen LogP contribution in [-0.4, -0.2) is 24.0 Å². The lowest BCUT2D eigenvalue weighted by Crippen LogP contribution is -2.17. The number of carbonyl (C=O) groups is 1. The molecule has 2 aromatic rings. The number of esters is 1. The van der Waals surface area contributed by atoms with E-state index in [0.717, 1.165) is 0 Å². The van der Waals surface area contributed by atoms with E-state index in [1.54, 1.807) is 0 Å². The number of phenolic OH excluding ortho intramolecular Hbond substituents is 1. The first-order chi connectivity index (χ1) is 11.5. The number of ether oxygens (including phenoxy) is 1. The van der Waals surface area contributed by atoms with E-state index in [1.807, 2.05) is 20.8 Å². The Bertz CT molecular complexity index is 895. The van der Waals surface area contributed by atoms with Gasteiger partial charge in [-0.25, -0.2) is 4.79 Å². The summed E-state index contributed by atoms with van der Waals surface area (Å²) in [6, 6.07) is 9.76. The second-order valence-electron chi connectivity index (χ2n) is 6.33. The monoisotopic (exact) mass is 366 g/mol. The molecule has 2 N–H and O–H groups in total. The molecule has 0 aromatic heterocycles. The van der Waals surface area contributed by atoms with E-state index in [4.69, 9.17) is 9.29 Å². The summed E-state index contributed by atoms with van der Waals surface area (Å²) in [5.41, 5.74) is 0.000752. The van der Waals surface area contributed by atoms with Gasteiger partial charge in [-0.3, -0.25) is 4.55 Å². The van der Waals surface area contributed by atoms with Gasteiger partial charge in [-0.2, -0.15) is 8.42 Å². The van der Waals surface area contributed by atoms with E-state index < -0.39 is 21.8 Å². The Morgan fingerprint density at radius 2 is 1.68 bits per heavy atom. The minimum absolute atomic E-state index is 0.0276. The zero-order chi connectivity index (χ0) is 18.8. The summed E-state index contributed by atoms with van der Waals surface area (Å²) in [6.45, 7) is 5.65. The van der Waals surface area contributed by atoms with Gasteiger partial charge >= 0.3 is 16.4 Å². The molecule has 0 atom stereocenters. The van der Waals surface area contributed by atoms with Crippen molar-refractivity contribution >= 4 is 16.4 Å². The number of rotatable bonds is 4. The van der Waals surface area contributed by atoms with Crippen LogP contribution >= 0.6 is 0 Å². The van der Waals surface area contributed by atoms with Gasteiger partial charge in [0.2, 0.25) is 0 Å². The Hall–Kier alpha value is -2.58. The molecule has 2 aromatic carbocycles. The molecule has 0 radical (unpaired) electrons. The van der Waals surface area contributed by atoms with Crippen LogP contribution in [0.2, 0.25) is 0 Å². The van der Waals surface area contributed by atoms with E-state index >= 15 is 0 Å². The van der Waals surface area contributed by atoms with Gasteiger partial charge in [-0.15, -0.1) is 0 Å². The molecule has 0 unspecified atom stereocenters. The number of para-hydroxylation sites is 1. The standard InChI is InChI=1S/C17H18O7S/c1-17(2,3)13-10-11(18)8-9-15(13)23-16(19)12-6-4-5-7-14(12)24-25(20,21)22/h4-10,18H,1-3H3,(H,20,21,22). The quantitative estimate of drug-likeness (QED) is 0.486. The predicted octanol–water partition coefficient (Wildman–Crippen LogP) is 3.09. The molecule has 0 amide bonds. The van der Waals surface area contributed by atoms with Crippen molar-refractivity contribution in [3.63, 3.8) is 0 Å². The first-order valence-electron chi connectivity index (χ1n) is 7.29. The van der Waals surface area contributed by atoms with E-state index in [1.165, 1.54) is 42.5 Å². The van der Waals surface area contributed by atoms with Crippen molar-refractivity contribution in [1.29, 1.82) is 0 Å². The smallest absolute Gasteiger partial charge is 0.446 e. The lowest BCUT2D eigenvalue weighted by molar-refractivity contribution is 0.0730. The van der Waals surface area contributed by atoms with Crippen LogP contribution < -0.4 is 8.92 Å². The minimum Gasteiger partial charge on any atom is -0.508 e. The average Bonchev–Trinajstić information content (AvgIpc) is 2.47. The molecular weight excluding hydrogens is 348 g/mol. The molecular formula is C17H18O7S. The summed E-state index contributed by atoms with van der Waals surface area (Å²) in [6.07, 6.45) is 0. The molecule has 8 heteroatoms. The van der Waals surface area contributed by atoms with E-state index in [-0.39, 0.29) is 22.8 Å². The first kappa shape index (κ1) is 18.8. The van der Waals surface area contributed by atoms with Crippen LogP contribution in [0, 0.1) is 0 Å². The molecule has 0 bridgehead atoms. The molecule has 0 fully saturated rings. The number of hydrogen-bond acceptors (Lipinski definition) is 6. The van der Waals surface area contributed by atoms with Gasteiger partial charge in [-0.05, 0) is 35.7 Å². The topological polar surface area (TPSA) is 110 Å². The van der Waals surface area contributed by atoms with Gasteiger partial charge in [0.15, 0.2) is 5.75 Å². The number of hydrogen-bond donors (Lipinski definition) is 2. The van der Waals surface area contributed by atoms with Crippen molar-refractivity contribution in [3.05, 3.63) is 53.6 Å². The fourth-order valence-electron chi connectivity index (χ4n) is 2.17. The molecule has 7 nitrogen and oxygen atoms in total. The molecule has 25 heavy (non-hydrogen) atoms. The fraction of sp³-hybridized carbons (Fsp3) is 0.235. The summed E-state index contributed by atoms with van der Waals surface area (Å²) >= 11 is 0. The summed E-state index contributed by atoms with van der Waals surface area (Å²) in [5.74, 6) is -0.974. The van der Waals surface area contributed by atoms with Crippen LogP contribution in [0.1, 0.15) is 36.7 Å². The van der Waals surface area contributed by atoms with Gasteiger partial charge in [0.25, 0.3) is 0 Å². The second kappa shape index (κ2) is 6.73. The molecule has 2 rings (SSSR count). The Balaban J connectivity index is 2.39. The number of carbonyl (C=O) groups excluding carboxylic acids is 1. The minimum atomic E-state index is -4.78. The van der Waals surface area contributed by atoms with E-state index in [9.17, 15) is 18.3 Å². The molecule has 0 aliphatic carbocycles. The molecule has 0 heterocycles. The van der Waals surface area contributed by atoms with Gasteiger partial charge in [0, 0.05) is 5.56 Å². The van der Waals surface area contributed by atoms with Gasteiger partial charge in [0.05, 0.1) is 0 Å². The zero-order valence-electron chi connectivity index (χ0n) is 13.9. The zero-order valence-corrected chi connectivity index (χ0v) is 14.7. The van der Waals surface area contributed by atoms with Gasteiger partial charge in [0.1, 0.15) is 17.1 Å². The van der Waals surface area contributed by atoms with Crippen molar-refractivity contribution in [2.45, 2.75) is 26.2 Å². The summed E-state index contributed by atoms with van der Waals surface area (Å²) in [5, 5.41) is 9.67. The van der Waals surface area contributed by atoms with Crippen molar-refractivity contribution in [3.8, 4) is 17.2 Å². The van der Waals surface area contributed by atoms with E-state index in [2.05, 4.69) is 4.18 Å².